The van der Waals surface area contributed by atoms with E-state index in [0.717, 1.165) is 51.9 Å². The maximum atomic E-state index is 5.30. The SMILES string of the molecule is CC1CN=C(NCCN2CCOCC2)N1. The minimum atomic E-state index is 0.482. The lowest BCUT2D eigenvalue weighted by Crippen LogP contribution is -2.44. The van der Waals surface area contributed by atoms with Crippen LogP contribution in [-0.4, -0.2) is 62.8 Å². The third kappa shape index (κ3) is 3.35. The van der Waals surface area contributed by atoms with E-state index < -0.39 is 0 Å². The molecule has 2 N–H and O–H groups in total. The van der Waals surface area contributed by atoms with E-state index in [-0.39, 0.29) is 0 Å². The molecular formula is C10H20N4O. The number of ether oxygens (including phenoxy) is 1. The Morgan fingerprint density at radius 2 is 2.33 bits per heavy atom. The monoisotopic (exact) mass is 212 g/mol. The lowest BCUT2D eigenvalue weighted by molar-refractivity contribution is 0.0389. The molecule has 0 aromatic rings. The van der Waals surface area contributed by atoms with E-state index in [4.69, 9.17) is 4.74 Å². The Morgan fingerprint density at radius 3 is 3.00 bits per heavy atom. The summed E-state index contributed by atoms with van der Waals surface area (Å²) in [5.74, 6) is 0.954. The van der Waals surface area contributed by atoms with E-state index in [1.54, 1.807) is 0 Å². The van der Waals surface area contributed by atoms with Crippen molar-refractivity contribution in [3.8, 4) is 0 Å². The van der Waals surface area contributed by atoms with Crippen LogP contribution in [0.2, 0.25) is 0 Å². The number of nitrogens with one attached hydrogen (secondary N) is 2. The standard InChI is InChI=1S/C10H20N4O/c1-9-8-12-10(13-9)11-2-3-14-4-6-15-7-5-14/h9H,2-8H2,1H3,(H2,11,12,13). The first-order valence-corrected chi connectivity index (χ1v) is 5.69. The van der Waals surface area contributed by atoms with Crippen molar-refractivity contribution in [2.75, 3.05) is 45.9 Å². The van der Waals surface area contributed by atoms with Gasteiger partial charge in [0.1, 0.15) is 0 Å². The fourth-order valence-electron chi connectivity index (χ4n) is 1.82. The highest BCUT2D eigenvalue weighted by molar-refractivity contribution is 5.81. The number of aliphatic imine (C=N–C) groups is 1. The summed E-state index contributed by atoms with van der Waals surface area (Å²) in [6.45, 7) is 8.90. The van der Waals surface area contributed by atoms with Gasteiger partial charge in [-0.05, 0) is 6.92 Å². The van der Waals surface area contributed by atoms with Gasteiger partial charge in [0.2, 0.25) is 0 Å². The Hall–Kier alpha value is -0.810. The molecule has 0 aliphatic carbocycles. The van der Waals surface area contributed by atoms with Gasteiger partial charge in [-0.1, -0.05) is 0 Å². The van der Waals surface area contributed by atoms with Crippen molar-refractivity contribution in [1.82, 2.24) is 15.5 Å². The lowest BCUT2D eigenvalue weighted by Gasteiger charge is -2.26. The molecule has 0 bridgehead atoms. The van der Waals surface area contributed by atoms with Crippen molar-refractivity contribution < 1.29 is 4.74 Å². The van der Waals surface area contributed by atoms with Crippen LogP contribution in [0.1, 0.15) is 6.92 Å². The van der Waals surface area contributed by atoms with Crippen LogP contribution in [-0.2, 0) is 4.74 Å². The number of nitrogens with zero attached hydrogens (tertiary/aromatic N) is 2. The highest BCUT2D eigenvalue weighted by Crippen LogP contribution is 1.95. The third-order valence-corrected chi connectivity index (χ3v) is 2.73. The highest BCUT2D eigenvalue weighted by atomic mass is 16.5. The number of rotatable bonds is 3. The van der Waals surface area contributed by atoms with Crippen molar-refractivity contribution >= 4 is 5.96 Å². The second kappa shape index (κ2) is 5.32. The summed E-state index contributed by atoms with van der Waals surface area (Å²) in [6, 6.07) is 0.482. The fraction of sp³-hybridized carbons (Fsp3) is 0.900. The van der Waals surface area contributed by atoms with E-state index in [9.17, 15) is 0 Å². The maximum Gasteiger partial charge on any atom is 0.191 e. The molecule has 1 atom stereocenters. The van der Waals surface area contributed by atoms with Gasteiger partial charge in [0.25, 0.3) is 0 Å². The lowest BCUT2D eigenvalue weighted by atomic mass is 10.4. The molecule has 0 aromatic heterocycles. The van der Waals surface area contributed by atoms with Crippen molar-refractivity contribution in [3.05, 3.63) is 0 Å². The molecule has 1 unspecified atom stereocenters. The van der Waals surface area contributed by atoms with Crippen LogP contribution in [0, 0.1) is 0 Å². The second-order valence-corrected chi connectivity index (χ2v) is 4.12. The Balaban J connectivity index is 1.58. The molecule has 2 aliphatic heterocycles. The summed E-state index contributed by atoms with van der Waals surface area (Å²) in [6.07, 6.45) is 0. The van der Waals surface area contributed by atoms with Gasteiger partial charge in [-0.2, -0.15) is 0 Å². The first-order chi connectivity index (χ1) is 7.34. The van der Waals surface area contributed by atoms with Crippen LogP contribution in [0.4, 0.5) is 0 Å². The molecule has 0 aromatic carbocycles. The summed E-state index contributed by atoms with van der Waals surface area (Å²) in [5, 5.41) is 6.60. The minimum Gasteiger partial charge on any atom is -0.379 e. The molecule has 0 saturated carbocycles. The summed E-state index contributed by atoms with van der Waals surface area (Å²) in [4.78, 5) is 6.76. The maximum absolute atomic E-state index is 5.30. The molecule has 15 heavy (non-hydrogen) atoms. The van der Waals surface area contributed by atoms with Crippen LogP contribution in [0.5, 0.6) is 0 Å². The Labute approximate surface area is 90.9 Å². The molecule has 0 spiro atoms. The van der Waals surface area contributed by atoms with Gasteiger partial charge in [-0.25, -0.2) is 0 Å². The van der Waals surface area contributed by atoms with Crippen molar-refractivity contribution in [2.24, 2.45) is 4.99 Å². The van der Waals surface area contributed by atoms with Crippen molar-refractivity contribution in [3.63, 3.8) is 0 Å². The average molecular weight is 212 g/mol. The van der Waals surface area contributed by atoms with E-state index in [1.807, 2.05) is 0 Å². The normalized spacial score (nSPS) is 27.3. The molecule has 0 amide bonds. The summed E-state index contributed by atoms with van der Waals surface area (Å²) in [7, 11) is 0. The first kappa shape index (κ1) is 10.7. The molecule has 2 heterocycles. The molecule has 1 saturated heterocycles. The van der Waals surface area contributed by atoms with E-state index in [1.165, 1.54) is 0 Å². The van der Waals surface area contributed by atoms with Crippen LogP contribution in [0.15, 0.2) is 4.99 Å². The van der Waals surface area contributed by atoms with Crippen LogP contribution >= 0.6 is 0 Å². The van der Waals surface area contributed by atoms with Gasteiger partial charge >= 0.3 is 0 Å². The fourth-order valence-corrected chi connectivity index (χ4v) is 1.82. The van der Waals surface area contributed by atoms with Crippen molar-refractivity contribution in [2.45, 2.75) is 13.0 Å². The molecule has 2 aliphatic rings. The number of morpholine rings is 1. The number of guanidine groups is 1. The van der Waals surface area contributed by atoms with Crippen LogP contribution < -0.4 is 10.6 Å². The summed E-state index contributed by atoms with van der Waals surface area (Å²) in [5.41, 5.74) is 0. The van der Waals surface area contributed by atoms with E-state index in [0.29, 0.717) is 6.04 Å². The largest absolute Gasteiger partial charge is 0.379 e. The zero-order valence-corrected chi connectivity index (χ0v) is 9.33. The zero-order valence-electron chi connectivity index (χ0n) is 9.33. The minimum absolute atomic E-state index is 0.482. The summed E-state index contributed by atoms with van der Waals surface area (Å²) >= 11 is 0. The quantitative estimate of drug-likeness (QED) is 0.647. The molecule has 86 valence electrons. The van der Waals surface area contributed by atoms with E-state index in [2.05, 4.69) is 27.4 Å². The molecule has 5 nitrogen and oxygen atoms in total. The Bertz CT molecular complexity index is 225. The third-order valence-electron chi connectivity index (χ3n) is 2.73. The topological polar surface area (TPSA) is 48.9 Å². The predicted octanol–water partition coefficient (Wildman–Crippen LogP) is -0.744. The number of hydrogen-bond donors (Lipinski definition) is 2. The predicted molar refractivity (Wildman–Crippen MR) is 60.2 cm³/mol. The van der Waals surface area contributed by atoms with Gasteiger partial charge in [0.05, 0.1) is 19.8 Å². The summed E-state index contributed by atoms with van der Waals surface area (Å²) < 4.78 is 5.30. The molecule has 5 heteroatoms. The van der Waals surface area contributed by atoms with E-state index >= 15 is 0 Å². The average Bonchev–Trinajstić information content (AvgIpc) is 2.66. The van der Waals surface area contributed by atoms with Gasteiger partial charge in [-0.15, -0.1) is 0 Å². The van der Waals surface area contributed by atoms with Crippen molar-refractivity contribution in [1.29, 1.82) is 0 Å². The van der Waals surface area contributed by atoms with Crippen LogP contribution in [0.25, 0.3) is 0 Å². The Kier molecular flexibility index (Phi) is 3.80. The number of hydrogen-bond acceptors (Lipinski definition) is 5. The van der Waals surface area contributed by atoms with Gasteiger partial charge in [0.15, 0.2) is 5.96 Å². The van der Waals surface area contributed by atoms with Gasteiger partial charge in [-0.3, -0.25) is 9.89 Å². The molecule has 2 rings (SSSR count). The van der Waals surface area contributed by atoms with Gasteiger partial charge < -0.3 is 15.4 Å². The molecule has 1 fully saturated rings. The zero-order chi connectivity index (χ0) is 10.5. The molecular weight excluding hydrogens is 192 g/mol. The highest BCUT2D eigenvalue weighted by Gasteiger charge is 2.13. The van der Waals surface area contributed by atoms with Gasteiger partial charge in [0, 0.05) is 32.2 Å². The Morgan fingerprint density at radius 1 is 1.53 bits per heavy atom. The second-order valence-electron chi connectivity index (χ2n) is 4.12. The smallest absolute Gasteiger partial charge is 0.191 e. The molecule has 0 radical (unpaired) electrons. The first-order valence-electron chi connectivity index (χ1n) is 5.69. The van der Waals surface area contributed by atoms with Crippen LogP contribution in [0.3, 0.4) is 0 Å².